The van der Waals surface area contributed by atoms with E-state index in [1.807, 2.05) is 0 Å². The molecule has 2 fully saturated rings. The molecule has 1 aliphatic heterocycles. The van der Waals surface area contributed by atoms with Gasteiger partial charge in [0.25, 0.3) is 0 Å². The van der Waals surface area contributed by atoms with Gasteiger partial charge < -0.3 is 15.1 Å². The number of hydrogen-bond acceptors (Lipinski definition) is 3. The number of rotatable bonds is 7. The fraction of sp³-hybridized carbons (Fsp3) is 0.667. The van der Waals surface area contributed by atoms with Gasteiger partial charge >= 0.3 is 0 Å². The van der Waals surface area contributed by atoms with Gasteiger partial charge in [0.15, 0.2) is 0 Å². The molecule has 1 saturated carbocycles. The Morgan fingerprint density at radius 2 is 2.00 bits per heavy atom. The number of anilines is 1. The van der Waals surface area contributed by atoms with Crippen LogP contribution in [0.25, 0.3) is 0 Å². The van der Waals surface area contributed by atoms with Crippen molar-refractivity contribution >= 4 is 5.69 Å². The van der Waals surface area contributed by atoms with Crippen LogP contribution in [0.2, 0.25) is 0 Å². The van der Waals surface area contributed by atoms with Crippen molar-refractivity contribution in [1.82, 2.24) is 10.2 Å². The predicted molar refractivity (Wildman–Crippen MR) is 90.0 cm³/mol. The van der Waals surface area contributed by atoms with Crippen LogP contribution in [-0.2, 0) is 6.54 Å². The van der Waals surface area contributed by atoms with Gasteiger partial charge in [0.1, 0.15) is 0 Å². The average Bonchev–Trinajstić information content (AvgIpc) is 3.17. The van der Waals surface area contributed by atoms with E-state index in [0.29, 0.717) is 0 Å². The van der Waals surface area contributed by atoms with E-state index in [-0.39, 0.29) is 0 Å². The number of nitrogens with one attached hydrogen (secondary N) is 1. The van der Waals surface area contributed by atoms with Gasteiger partial charge in [0, 0.05) is 38.4 Å². The number of benzene rings is 1. The Balaban J connectivity index is 1.52. The Kier molecular flexibility index (Phi) is 4.81. The molecule has 2 aliphatic rings. The van der Waals surface area contributed by atoms with Crippen molar-refractivity contribution in [2.24, 2.45) is 0 Å². The van der Waals surface area contributed by atoms with E-state index < -0.39 is 0 Å². The Hall–Kier alpha value is -1.06. The molecule has 1 aromatic carbocycles. The van der Waals surface area contributed by atoms with Crippen LogP contribution in [0.1, 0.15) is 36.8 Å². The third-order valence-corrected chi connectivity index (χ3v) is 4.88. The lowest BCUT2D eigenvalue weighted by atomic mass is 10.1. The van der Waals surface area contributed by atoms with Crippen LogP contribution in [0, 0.1) is 6.92 Å². The molecule has 1 aromatic rings. The molecule has 0 spiro atoms. The molecule has 116 valence electrons. The summed E-state index contributed by atoms with van der Waals surface area (Å²) >= 11 is 0. The quantitative estimate of drug-likeness (QED) is 0.832. The number of hydrogen-bond donors (Lipinski definition) is 1. The van der Waals surface area contributed by atoms with Gasteiger partial charge in [0.05, 0.1) is 0 Å². The second-order valence-corrected chi connectivity index (χ2v) is 6.74. The van der Waals surface area contributed by atoms with E-state index in [1.54, 1.807) is 0 Å². The van der Waals surface area contributed by atoms with Crippen molar-refractivity contribution < 1.29 is 0 Å². The second kappa shape index (κ2) is 6.80. The van der Waals surface area contributed by atoms with E-state index in [9.17, 15) is 0 Å². The average molecular weight is 287 g/mol. The zero-order chi connectivity index (χ0) is 14.7. The Morgan fingerprint density at radius 3 is 2.67 bits per heavy atom. The van der Waals surface area contributed by atoms with Crippen molar-refractivity contribution in [3.05, 3.63) is 29.3 Å². The fourth-order valence-corrected chi connectivity index (χ4v) is 3.08. The molecule has 0 aromatic heterocycles. The summed E-state index contributed by atoms with van der Waals surface area (Å²) < 4.78 is 0. The standard InChI is InChI=1S/C18H29N3/c1-15-13-18(8-5-16(15)14-19-17-6-7-17)20(2)11-12-21-9-3-4-10-21/h5,8,13,17,19H,3-4,6-7,9-12,14H2,1-2H3. The Morgan fingerprint density at radius 1 is 1.24 bits per heavy atom. The van der Waals surface area contributed by atoms with E-state index in [2.05, 4.69) is 47.3 Å². The molecule has 1 saturated heterocycles. The summed E-state index contributed by atoms with van der Waals surface area (Å²) in [5, 5.41) is 3.60. The number of likely N-dealkylation sites (tertiary alicyclic amines) is 1. The molecule has 0 unspecified atom stereocenters. The minimum absolute atomic E-state index is 0.784. The molecule has 1 heterocycles. The first-order chi connectivity index (χ1) is 10.2. The van der Waals surface area contributed by atoms with Crippen LogP contribution in [-0.4, -0.2) is 44.2 Å². The minimum Gasteiger partial charge on any atom is -0.373 e. The van der Waals surface area contributed by atoms with Crippen molar-refractivity contribution in [3.63, 3.8) is 0 Å². The van der Waals surface area contributed by atoms with Crippen molar-refractivity contribution in [3.8, 4) is 0 Å². The van der Waals surface area contributed by atoms with Gasteiger partial charge in [-0.25, -0.2) is 0 Å². The van der Waals surface area contributed by atoms with Crippen molar-refractivity contribution in [2.45, 2.75) is 45.2 Å². The zero-order valence-electron chi connectivity index (χ0n) is 13.6. The first kappa shape index (κ1) is 14.9. The van der Waals surface area contributed by atoms with Crippen LogP contribution in [0.4, 0.5) is 5.69 Å². The summed E-state index contributed by atoms with van der Waals surface area (Å²) in [6, 6.07) is 7.70. The highest BCUT2D eigenvalue weighted by atomic mass is 15.2. The topological polar surface area (TPSA) is 18.5 Å². The van der Waals surface area contributed by atoms with Crippen LogP contribution >= 0.6 is 0 Å². The monoisotopic (exact) mass is 287 g/mol. The molecule has 3 nitrogen and oxygen atoms in total. The summed E-state index contributed by atoms with van der Waals surface area (Å²) in [5.41, 5.74) is 4.20. The van der Waals surface area contributed by atoms with E-state index in [1.165, 1.54) is 62.1 Å². The summed E-state index contributed by atoms with van der Waals surface area (Å²) in [6.45, 7) is 8.16. The maximum absolute atomic E-state index is 3.60. The largest absolute Gasteiger partial charge is 0.373 e. The molecule has 3 rings (SSSR count). The smallest absolute Gasteiger partial charge is 0.0366 e. The Bertz CT molecular complexity index is 462. The molecule has 0 atom stereocenters. The summed E-state index contributed by atoms with van der Waals surface area (Å²) in [6.07, 6.45) is 5.48. The lowest BCUT2D eigenvalue weighted by Gasteiger charge is -2.24. The molecule has 1 aliphatic carbocycles. The number of likely N-dealkylation sites (N-methyl/N-ethyl adjacent to an activating group) is 1. The van der Waals surface area contributed by atoms with Crippen molar-refractivity contribution in [2.75, 3.05) is 38.1 Å². The lowest BCUT2D eigenvalue weighted by Crippen LogP contribution is -2.31. The van der Waals surface area contributed by atoms with Crippen LogP contribution < -0.4 is 10.2 Å². The summed E-state index contributed by atoms with van der Waals surface area (Å²) in [4.78, 5) is 4.97. The third kappa shape index (κ3) is 4.21. The molecule has 3 heteroatoms. The van der Waals surface area contributed by atoms with Gasteiger partial charge in [-0.3, -0.25) is 0 Å². The molecule has 0 radical (unpaired) electrons. The van der Waals surface area contributed by atoms with E-state index in [4.69, 9.17) is 0 Å². The van der Waals surface area contributed by atoms with Gasteiger partial charge in [0.2, 0.25) is 0 Å². The SMILES string of the molecule is Cc1cc(N(C)CCN2CCCC2)ccc1CNC1CC1. The maximum Gasteiger partial charge on any atom is 0.0366 e. The van der Waals surface area contributed by atoms with Gasteiger partial charge in [-0.1, -0.05) is 6.07 Å². The first-order valence-electron chi connectivity index (χ1n) is 8.49. The molecule has 1 N–H and O–H groups in total. The molecular weight excluding hydrogens is 258 g/mol. The molecule has 21 heavy (non-hydrogen) atoms. The highest BCUT2D eigenvalue weighted by Crippen LogP contribution is 2.22. The van der Waals surface area contributed by atoms with Crippen LogP contribution in [0.3, 0.4) is 0 Å². The fourth-order valence-electron chi connectivity index (χ4n) is 3.08. The molecule has 0 bridgehead atoms. The Labute approximate surface area is 129 Å². The zero-order valence-corrected chi connectivity index (χ0v) is 13.6. The number of aryl methyl sites for hydroxylation is 1. The van der Waals surface area contributed by atoms with Crippen LogP contribution in [0.15, 0.2) is 18.2 Å². The van der Waals surface area contributed by atoms with E-state index >= 15 is 0 Å². The van der Waals surface area contributed by atoms with Gasteiger partial charge in [-0.2, -0.15) is 0 Å². The maximum atomic E-state index is 3.60. The van der Waals surface area contributed by atoms with Crippen molar-refractivity contribution in [1.29, 1.82) is 0 Å². The molecular formula is C18H29N3. The highest BCUT2D eigenvalue weighted by molar-refractivity contribution is 5.50. The van der Waals surface area contributed by atoms with Gasteiger partial charge in [-0.05, 0) is 69.0 Å². The normalized spacial score (nSPS) is 19.1. The van der Waals surface area contributed by atoms with E-state index in [0.717, 1.165) is 19.1 Å². The third-order valence-electron chi connectivity index (χ3n) is 4.88. The number of nitrogens with zero attached hydrogens (tertiary/aromatic N) is 2. The van der Waals surface area contributed by atoms with Gasteiger partial charge in [-0.15, -0.1) is 0 Å². The predicted octanol–water partition coefficient (Wildman–Crippen LogP) is 2.78. The van der Waals surface area contributed by atoms with Crippen LogP contribution in [0.5, 0.6) is 0 Å². The summed E-state index contributed by atoms with van der Waals surface area (Å²) in [5.74, 6) is 0. The highest BCUT2D eigenvalue weighted by Gasteiger charge is 2.20. The lowest BCUT2D eigenvalue weighted by molar-refractivity contribution is 0.346. The first-order valence-corrected chi connectivity index (χ1v) is 8.49. The summed E-state index contributed by atoms with van der Waals surface area (Å²) in [7, 11) is 2.22. The molecule has 0 amide bonds. The second-order valence-electron chi connectivity index (χ2n) is 6.74. The minimum atomic E-state index is 0.784.